The van der Waals surface area contributed by atoms with Crippen LogP contribution in [0.25, 0.3) is 10.9 Å². The lowest BCUT2D eigenvalue weighted by Crippen LogP contribution is -2.29. The molecule has 0 saturated carbocycles. The van der Waals surface area contributed by atoms with Gasteiger partial charge in [0.15, 0.2) is 0 Å². The lowest BCUT2D eigenvalue weighted by atomic mass is 10.0. The SMILES string of the molecule is CC(C)C(O)CCNC(=O)c1cc(=O)[nH]c2ccccc12. The summed E-state index contributed by atoms with van der Waals surface area (Å²) < 4.78 is 0. The molecule has 0 fully saturated rings. The number of carbonyl (C=O) groups excluding carboxylic acids is 1. The van der Waals surface area contributed by atoms with Crippen molar-refractivity contribution in [2.24, 2.45) is 5.92 Å². The number of para-hydroxylation sites is 1. The Bertz CT molecular complexity index is 691. The molecule has 0 aliphatic rings. The number of fused-ring (bicyclic) bond motifs is 1. The third kappa shape index (κ3) is 3.70. The Kier molecular flexibility index (Phi) is 4.75. The van der Waals surface area contributed by atoms with E-state index in [4.69, 9.17) is 0 Å². The zero-order chi connectivity index (χ0) is 15.4. The second-order valence-corrected chi connectivity index (χ2v) is 5.45. The highest BCUT2D eigenvalue weighted by Crippen LogP contribution is 2.14. The van der Waals surface area contributed by atoms with E-state index < -0.39 is 6.10 Å². The molecular formula is C16H20N2O3. The van der Waals surface area contributed by atoms with Gasteiger partial charge in [0.05, 0.1) is 11.7 Å². The van der Waals surface area contributed by atoms with Gasteiger partial charge in [-0.05, 0) is 18.4 Å². The van der Waals surface area contributed by atoms with Crippen LogP contribution in [0.4, 0.5) is 0 Å². The van der Waals surface area contributed by atoms with Crippen LogP contribution < -0.4 is 10.9 Å². The van der Waals surface area contributed by atoms with Gasteiger partial charge in [-0.2, -0.15) is 0 Å². The molecule has 21 heavy (non-hydrogen) atoms. The number of aromatic amines is 1. The number of H-pyrrole nitrogens is 1. The molecular weight excluding hydrogens is 268 g/mol. The number of hydrogen-bond acceptors (Lipinski definition) is 3. The van der Waals surface area contributed by atoms with E-state index in [9.17, 15) is 14.7 Å². The minimum atomic E-state index is -0.443. The third-order valence-corrected chi connectivity index (χ3v) is 3.49. The first-order valence-electron chi connectivity index (χ1n) is 7.07. The van der Waals surface area contributed by atoms with Crippen molar-refractivity contribution < 1.29 is 9.90 Å². The topological polar surface area (TPSA) is 82.2 Å². The third-order valence-electron chi connectivity index (χ3n) is 3.49. The number of aromatic nitrogens is 1. The quantitative estimate of drug-likeness (QED) is 0.782. The van der Waals surface area contributed by atoms with E-state index in [-0.39, 0.29) is 17.4 Å². The van der Waals surface area contributed by atoms with E-state index in [1.165, 1.54) is 6.07 Å². The summed E-state index contributed by atoms with van der Waals surface area (Å²) in [5.74, 6) is -0.143. The van der Waals surface area contributed by atoms with Crippen molar-refractivity contribution in [2.75, 3.05) is 6.54 Å². The molecule has 0 aliphatic carbocycles. The molecule has 2 aromatic rings. The van der Waals surface area contributed by atoms with Crippen molar-refractivity contribution in [1.82, 2.24) is 10.3 Å². The number of aliphatic hydroxyl groups is 1. The summed E-state index contributed by atoms with van der Waals surface area (Å²) in [5.41, 5.74) is 0.687. The van der Waals surface area contributed by atoms with Crippen LogP contribution in [0.15, 0.2) is 35.1 Å². The smallest absolute Gasteiger partial charge is 0.252 e. The molecule has 1 aromatic heterocycles. The molecule has 0 aliphatic heterocycles. The maximum atomic E-state index is 12.2. The number of benzene rings is 1. The van der Waals surface area contributed by atoms with Gasteiger partial charge in [-0.3, -0.25) is 9.59 Å². The average molecular weight is 288 g/mol. The molecule has 1 aromatic carbocycles. The summed E-state index contributed by atoms with van der Waals surface area (Å²) in [5, 5.41) is 13.2. The Balaban J connectivity index is 2.14. The number of pyridine rings is 1. The monoisotopic (exact) mass is 288 g/mol. The minimum absolute atomic E-state index is 0.155. The molecule has 3 N–H and O–H groups in total. The van der Waals surface area contributed by atoms with Gasteiger partial charge in [-0.25, -0.2) is 0 Å². The van der Waals surface area contributed by atoms with Gasteiger partial charge < -0.3 is 15.4 Å². The predicted octanol–water partition coefficient (Wildman–Crippen LogP) is 1.66. The summed E-state index contributed by atoms with van der Waals surface area (Å²) in [4.78, 5) is 26.5. The summed E-state index contributed by atoms with van der Waals surface area (Å²) in [6.07, 6.45) is 0.0473. The second-order valence-electron chi connectivity index (χ2n) is 5.45. The fourth-order valence-corrected chi connectivity index (χ4v) is 2.15. The van der Waals surface area contributed by atoms with Crippen LogP contribution >= 0.6 is 0 Å². The van der Waals surface area contributed by atoms with Gasteiger partial charge in [0.2, 0.25) is 5.56 Å². The number of nitrogens with one attached hydrogen (secondary N) is 2. The highest BCUT2D eigenvalue weighted by atomic mass is 16.3. The first-order valence-corrected chi connectivity index (χ1v) is 7.07. The molecule has 1 amide bonds. The molecule has 0 radical (unpaired) electrons. The number of carbonyl (C=O) groups is 1. The first-order chi connectivity index (χ1) is 9.99. The zero-order valence-corrected chi connectivity index (χ0v) is 12.2. The summed E-state index contributed by atoms with van der Waals surface area (Å²) >= 11 is 0. The second kappa shape index (κ2) is 6.54. The van der Waals surface area contributed by atoms with Crippen molar-refractivity contribution in [3.8, 4) is 0 Å². The zero-order valence-electron chi connectivity index (χ0n) is 12.2. The normalized spacial score (nSPS) is 12.6. The lowest BCUT2D eigenvalue weighted by Gasteiger charge is -2.14. The van der Waals surface area contributed by atoms with Crippen molar-refractivity contribution in [3.05, 3.63) is 46.2 Å². The first kappa shape index (κ1) is 15.3. The lowest BCUT2D eigenvalue weighted by molar-refractivity contribution is 0.0921. The van der Waals surface area contributed by atoms with Crippen LogP contribution in [0, 0.1) is 5.92 Å². The fourth-order valence-electron chi connectivity index (χ4n) is 2.15. The number of hydrogen-bond donors (Lipinski definition) is 3. The van der Waals surface area contributed by atoms with Gasteiger partial charge in [0.25, 0.3) is 5.91 Å². The van der Waals surface area contributed by atoms with Gasteiger partial charge in [0.1, 0.15) is 0 Å². The van der Waals surface area contributed by atoms with Gasteiger partial charge >= 0.3 is 0 Å². The fraction of sp³-hybridized carbons (Fsp3) is 0.375. The average Bonchev–Trinajstić information content (AvgIpc) is 2.45. The Hall–Kier alpha value is -2.14. The molecule has 0 bridgehead atoms. The number of amides is 1. The van der Waals surface area contributed by atoms with E-state index in [0.717, 1.165) is 0 Å². The highest BCUT2D eigenvalue weighted by Gasteiger charge is 2.13. The molecule has 5 heteroatoms. The molecule has 0 saturated heterocycles. The van der Waals surface area contributed by atoms with Crippen LogP contribution in [0.3, 0.4) is 0 Å². The largest absolute Gasteiger partial charge is 0.393 e. The van der Waals surface area contributed by atoms with Crippen molar-refractivity contribution in [1.29, 1.82) is 0 Å². The molecule has 5 nitrogen and oxygen atoms in total. The van der Waals surface area contributed by atoms with Crippen LogP contribution in [0.1, 0.15) is 30.6 Å². The van der Waals surface area contributed by atoms with E-state index in [1.807, 2.05) is 19.9 Å². The van der Waals surface area contributed by atoms with Crippen LogP contribution in [0.2, 0.25) is 0 Å². The Labute approximate surface area is 123 Å². The van der Waals surface area contributed by atoms with E-state index in [1.54, 1.807) is 18.2 Å². The van der Waals surface area contributed by atoms with Crippen LogP contribution in [-0.4, -0.2) is 28.6 Å². The van der Waals surface area contributed by atoms with Crippen molar-refractivity contribution >= 4 is 16.8 Å². The minimum Gasteiger partial charge on any atom is -0.393 e. The molecule has 1 atom stereocenters. The standard InChI is InChI=1S/C16H20N2O3/c1-10(2)14(19)7-8-17-16(21)12-9-15(20)18-13-6-4-3-5-11(12)13/h3-6,9-10,14,19H,7-8H2,1-2H3,(H,17,21)(H,18,20). The Morgan fingerprint density at radius 3 is 2.76 bits per heavy atom. The summed E-state index contributed by atoms with van der Waals surface area (Å²) in [6, 6.07) is 8.48. The molecule has 1 heterocycles. The van der Waals surface area contributed by atoms with Crippen LogP contribution in [0.5, 0.6) is 0 Å². The van der Waals surface area contributed by atoms with E-state index >= 15 is 0 Å². The highest BCUT2D eigenvalue weighted by molar-refractivity contribution is 6.05. The van der Waals surface area contributed by atoms with Gasteiger partial charge in [-0.15, -0.1) is 0 Å². The predicted molar refractivity (Wildman–Crippen MR) is 82.4 cm³/mol. The maximum Gasteiger partial charge on any atom is 0.252 e. The van der Waals surface area contributed by atoms with Gasteiger partial charge in [-0.1, -0.05) is 32.0 Å². The van der Waals surface area contributed by atoms with Gasteiger partial charge in [0, 0.05) is 23.5 Å². The Morgan fingerprint density at radius 2 is 2.05 bits per heavy atom. The molecule has 112 valence electrons. The molecule has 0 spiro atoms. The van der Waals surface area contributed by atoms with E-state index in [0.29, 0.717) is 29.4 Å². The number of aliphatic hydroxyl groups excluding tert-OH is 1. The summed E-state index contributed by atoms with van der Waals surface area (Å²) in [7, 11) is 0. The summed E-state index contributed by atoms with van der Waals surface area (Å²) in [6.45, 7) is 4.23. The molecule has 2 rings (SSSR count). The Morgan fingerprint density at radius 1 is 1.33 bits per heavy atom. The van der Waals surface area contributed by atoms with Crippen LogP contribution in [-0.2, 0) is 0 Å². The van der Waals surface area contributed by atoms with Crippen molar-refractivity contribution in [3.63, 3.8) is 0 Å². The molecule has 1 unspecified atom stereocenters. The van der Waals surface area contributed by atoms with Crippen molar-refractivity contribution in [2.45, 2.75) is 26.4 Å². The maximum absolute atomic E-state index is 12.2. The van der Waals surface area contributed by atoms with E-state index in [2.05, 4.69) is 10.3 Å². The number of rotatable bonds is 5.